The third kappa shape index (κ3) is 3.69. The van der Waals surface area contributed by atoms with Gasteiger partial charge in [-0.2, -0.15) is 0 Å². The Morgan fingerprint density at radius 1 is 1.04 bits per heavy atom. The molecule has 25 heavy (non-hydrogen) atoms. The molecule has 1 unspecified atom stereocenters. The predicted molar refractivity (Wildman–Crippen MR) is 97.6 cm³/mol. The third-order valence-corrected chi connectivity index (χ3v) is 5.15. The molecule has 0 radical (unpaired) electrons. The molecule has 0 aromatic heterocycles. The third-order valence-electron chi connectivity index (χ3n) is 5.15. The van der Waals surface area contributed by atoms with E-state index in [0.717, 1.165) is 44.6 Å². The molecule has 1 atom stereocenters. The number of fused-ring (bicyclic) bond motifs is 2. The van der Waals surface area contributed by atoms with Crippen molar-refractivity contribution in [2.45, 2.75) is 31.9 Å². The molecule has 0 saturated carbocycles. The minimum absolute atomic E-state index is 0.00640. The average molecular weight is 336 g/mol. The molecule has 4 rings (SSSR count). The molecule has 2 aliphatic rings. The summed E-state index contributed by atoms with van der Waals surface area (Å²) in [5.74, 6) is 0.855. The van der Waals surface area contributed by atoms with Gasteiger partial charge >= 0.3 is 0 Å². The summed E-state index contributed by atoms with van der Waals surface area (Å²) in [4.78, 5) is 14.8. The maximum Gasteiger partial charge on any atom is 0.261 e. The quantitative estimate of drug-likeness (QED) is 0.933. The molecule has 2 aliphatic heterocycles. The van der Waals surface area contributed by atoms with Crippen LogP contribution in [0.5, 0.6) is 5.75 Å². The van der Waals surface area contributed by atoms with Crippen LogP contribution in [0.4, 0.5) is 0 Å². The Morgan fingerprint density at radius 3 is 2.68 bits per heavy atom. The molecule has 130 valence electrons. The first-order valence-electron chi connectivity index (χ1n) is 9.11. The summed E-state index contributed by atoms with van der Waals surface area (Å²) < 4.78 is 5.86. The zero-order valence-electron chi connectivity index (χ0n) is 14.4. The topological polar surface area (TPSA) is 41.6 Å². The SMILES string of the molecule is O=C(NCCN1CCc2ccccc2C1)C1CCc2ccccc2O1. The lowest BCUT2D eigenvalue weighted by Crippen LogP contribution is -2.44. The highest BCUT2D eigenvalue weighted by molar-refractivity contribution is 5.81. The molecular formula is C21H24N2O2. The highest BCUT2D eigenvalue weighted by Crippen LogP contribution is 2.27. The minimum atomic E-state index is -0.364. The van der Waals surface area contributed by atoms with Gasteiger partial charge in [-0.15, -0.1) is 0 Å². The van der Waals surface area contributed by atoms with E-state index >= 15 is 0 Å². The number of benzene rings is 2. The fourth-order valence-electron chi connectivity index (χ4n) is 3.70. The van der Waals surface area contributed by atoms with Crippen LogP contribution in [-0.2, 0) is 24.2 Å². The van der Waals surface area contributed by atoms with Gasteiger partial charge in [-0.05, 0) is 42.0 Å². The second kappa shape index (κ2) is 7.28. The number of aryl methyl sites for hydroxylation is 1. The molecular weight excluding hydrogens is 312 g/mol. The lowest BCUT2D eigenvalue weighted by atomic mass is 10.00. The summed E-state index contributed by atoms with van der Waals surface area (Å²) >= 11 is 0. The van der Waals surface area contributed by atoms with Crippen LogP contribution in [0, 0.1) is 0 Å². The maximum atomic E-state index is 12.4. The Morgan fingerprint density at radius 2 is 1.80 bits per heavy atom. The van der Waals surface area contributed by atoms with E-state index in [2.05, 4.69) is 40.5 Å². The number of rotatable bonds is 4. The molecule has 0 bridgehead atoms. The van der Waals surface area contributed by atoms with Crippen LogP contribution in [0.25, 0.3) is 0 Å². The van der Waals surface area contributed by atoms with Crippen LogP contribution >= 0.6 is 0 Å². The van der Waals surface area contributed by atoms with Crippen molar-refractivity contribution in [3.05, 3.63) is 65.2 Å². The van der Waals surface area contributed by atoms with E-state index in [9.17, 15) is 4.79 Å². The second-order valence-corrected chi connectivity index (χ2v) is 6.84. The van der Waals surface area contributed by atoms with Crippen molar-refractivity contribution < 1.29 is 9.53 Å². The number of hydrogen-bond acceptors (Lipinski definition) is 3. The van der Waals surface area contributed by atoms with Crippen molar-refractivity contribution in [3.8, 4) is 5.75 Å². The molecule has 4 nitrogen and oxygen atoms in total. The van der Waals surface area contributed by atoms with Gasteiger partial charge in [0.1, 0.15) is 5.75 Å². The van der Waals surface area contributed by atoms with Gasteiger partial charge in [0.15, 0.2) is 6.10 Å². The summed E-state index contributed by atoms with van der Waals surface area (Å²) in [6.07, 6.45) is 2.38. The first kappa shape index (κ1) is 16.2. The molecule has 1 amide bonds. The van der Waals surface area contributed by atoms with Gasteiger partial charge in [-0.1, -0.05) is 42.5 Å². The van der Waals surface area contributed by atoms with Crippen LogP contribution in [0.2, 0.25) is 0 Å². The second-order valence-electron chi connectivity index (χ2n) is 6.84. The Bertz CT molecular complexity index is 759. The highest BCUT2D eigenvalue weighted by atomic mass is 16.5. The molecule has 0 fully saturated rings. The molecule has 4 heteroatoms. The fourth-order valence-corrected chi connectivity index (χ4v) is 3.70. The number of carbonyl (C=O) groups excluding carboxylic acids is 1. The van der Waals surface area contributed by atoms with Gasteiger partial charge < -0.3 is 10.1 Å². The largest absolute Gasteiger partial charge is 0.480 e. The lowest BCUT2D eigenvalue weighted by molar-refractivity contribution is -0.128. The zero-order chi connectivity index (χ0) is 17.1. The van der Waals surface area contributed by atoms with Crippen molar-refractivity contribution >= 4 is 5.91 Å². The Kier molecular flexibility index (Phi) is 4.70. The van der Waals surface area contributed by atoms with Crippen molar-refractivity contribution in [1.82, 2.24) is 10.2 Å². The minimum Gasteiger partial charge on any atom is -0.480 e. The molecule has 2 heterocycles. The highest BCUT2D eigenvalue weighted by Gasteiger charge is 2.25. The molecule has 1 N–H and O–H groups in total. The van der Waals surface area contributed by atoms with Crippen molar-refractivity contribution in [3.63, 3.8) is 0 Å². The Balaban J connectivity index is 1.25. The van der Waals surface area contributed by atoms with Gasteiger partial charge in [0.25, 0.3) is 5.91 Å². The molecule has 0 saturated heterocycles. The van der Waals surface area contributed by atoms with Crippen LogP contribution in [0.15, 0.2) is 48.5 Å². The van der Waals surface area contributed by atoms with E-state index in [4.69, 9.17) is 4.74 Å². The molecule has 2 aromatic carbocycles. The number of para-hydroxylation sites is 1. The summed E-state index contributed by atoms with van der Waals surface area (Å²) in [6, 6.07) is 16.6. The van der Waals surface area contributed by atoms with Crippen molar-refractivity contribution in [2.75, 3.05) is 19.6 Å². The maximum absolute atomic E-state index is 12.4. The number of hydrogen-bond donors (Lipinski definition) is 1. The number of ether oxygens (including phenoxy) is 1. The van der Waals surface area contributed by atoms with E-state index in [1.54, 1.807) is 0 Å². The summed E-state index contributed by atoms with van der Waals surface area (Å²) in [6.45, 7) is 3.57. The van der Waals surface area contributed by atoms with E-state index in [0.29, 0.717) is 6.54 Å². The fraction of sp³-hybridized carbons (Fsp3) is 0.381. The zero-order valence-corrected chi connectivity index (χ0v) is 14.4. The standard InChI is InChI=1S/C21H24N2O2/c24-21(20-10-9-17-6-3-4-8-19(17)25-20)22-12-14-23-13-11-16-5-1-2-7-18(16)15-23/h1-8,20H,9-15H2,(H,22,24). The first-order chi connectivity index (χ1) is 12.3. The van der Waals surface area contributed by atoms with Gasteiger partial charge in [-0.3, -0.25) is 9.69 Å². The average Bonchev–Trinajstić information content (AvgIpc) is 2.67. The van der Waals surface area contributed by atoms with Crippen LogP contribution in [0.1, 0.15) is 23.1 Å². The van der Waals surface area contributed by atoms with E-state index in [1.165, 1.54) is 16.7 Å². The smallest absolute Gasteiger partial charge is 0.261 e. The summed E-state index contributed by atoms with van der Waals surface area (Å²) in [5.41, 5.74) is 4.06. The summed E-state index contributed by atoms with van der Waals surface area (Å²) in [7, 11) is 0. The number of carbonyl (C=O) groups is 1. The van der Waals surface area contributed by atoms with Gasteiger partial charge in [-0.25, -0.2) is 0 Å². The van der Waals surface area contributed by atoms with Gasteiger partial charge in [0.05, 0.1) is 0 Å². The lowest BCUT2D eigenvalue weighted by Gasteiger charge is -2.29. The Labute approximate surface area is 148 Å². The van der Waals surface area contributed by atoms with Crippen molar-refractivity contribution in [1.29, 1.82) is 0 Å². The van der Waals surface area contributed by atoms with Crippen molar-refractivity contribution in [2.24, 2.45) is 0 Å². The molecule has 0 aliphatic carbocycles. The number of nitrogens with zero attached hydrogens (tertiary/aromatic N) is 1. The number of nitrogens with one attached hydrogen (secondary N) is 1. The predicted octanol–water partition coefficient (Wildman–Crippen LogP) is 2.55. The Hall–Kier alpha value is -2.33. The molecule has 0 spiro atoms. The van der Waals surface area contributed by atoms with Crippen LogP contribution in [-0.4, -0.2) is 36.5 Å². The number of amides is 1. The van der Waals surface area contributed by atoms with E-state index in [1.807, 2.05) is 18.2 Å². The van der Waals surface area contributed by atoms with E-state index in [-0.39, 0.29) is 12.0 Å². The summed E-state index contributed by atoms with van der Waals surface area (Å²) in [5, 5.41) is 3.05. The van der Waals surface area contributed by atoms with Crippen LogP contribution < -0.4 is 10.1 Å². The van der Waals surface area contributed by atoms with Gasteiger partial charge in [0.2, 0.25) is 0 Å². The monoisotopic (exact) mass is 336 g/mol. The van der Waals surface area contributed by atoms with Crippen LogP contribution in [0.3, 0.4) is 0 Å². The molecule has 2 aromatic rings. The van der Waals surface area contributed by atoms with Gasteiger partial charge in [0, 0.05) is 26.2 Å². The van der Waals surface area contributed by atoms with E-state index < -0.39 is 0 Å². The normalized spacial score (nSPS) is 19.4. The first-order valence-corrected chi connectivity index (χ1v) is 9.11.